The molecule has 0 unspecified atom stereocenters. The number of nitrogens with zero attached hydrogens (tertiary/aromatic N) is 1. The average molecular weight is 188 g/mol. The third-order valence-corrected chi connectivity index (χ3v) is 2.86. The molecule has 0 saturated carbocycles. The predicted molar refractivity (Wildman–Crippen MR) is 54.4 cm³/mol. The molecule has 2 N–H and O–H groups in total. The Labute approximate surface area is 80.2 Å². The Balaban J connectivity index is 2.55. The van der Waals surface area contributed by atoms with Crippen molar-refractivity contribution in [2.75, 3.05) is 0 Å². The lowest BCUT2D eigenvalue weighted by atomic mass is 10.1. The van der Waals surface area contributed by atoms with Gasteiger partial charge < -0.3 is 5.73 Å². The van der Waals surface area contributed by atoms with E-state index >= 15 is 0 Å². The number of hydrogen-bond donors (Lipinski definition) is 1. The molecular weight excluding hydrogens is 180 g/mol. The highest BCUT2D eigenvalue weighted by atomic mass is 32.1. The van der Waals surface area contributed by atoms with Crippen molar-refractivity contribution in [3.05, 3.63) is 35.2 Å². The minimum atomic E-state index is -0.508. The quantitative estimate of drug-likeness (QED) is 0.747. The van der Waals surface area contributed by atoms with Crippen LogP contribution < -0.4 is 5.73 Å². The van der Waals surface area contributed by atoms with Crippen LogP contribution >= 0.6 is 11.3 Å². The number of hydrogen-bond acceptors (Lipinski definition) is 3. The Morgan fingerprint density at radius 3 is 3.00 bits per heavy atom. The largest absolute Gasteiger partial charge is 0.312 e. The second-order valence-electron chi connectivity index (χ2n) is 2.82. The molecule has 64 valence electrons. The molecule has 13 heavy (non-hydrogen) atoms. The fourth-order valence-electron chi connectivity index (χ4n) is 1.24. The van der Waals surface area contributed by atoms with Gasteiger partial charge in [-0.2, -0.15) is 5.26 Å². The van der Waals surface area contributed by atoms with Crippen molar-refractivity contribution in [2.24, 2.45) is 5.73 Å². The smallest absolute Gasteiger partial charge is 0.118 e. The first-order valence-electron chi connectivity index (χ1n) is 3.93. The highest BCUT2D eigenvalue weighted by Crippen LogP contribution is 2.23. The fraction of sp³-hybridized carbons (Fsp3) is 0.100. The molecule has 3 heteroatoms. The van der Waals surface area contributed by atoms with Gasteiger partial charge in [0.1, 0.15) is 6.04 Å². The van der Waals surface area contributed by atoms with Gasteiger partial charge in [-0.15, -0.1) is 11.3 Å². The summed E-state index contributed by atoms with van der Waals surface area (Å²) in [4.78, 5) is 0. The molecule has 1 atom stereocenters. The minimum absolute atomic E-state index is 0.508. The second-order valence-corrected chi connectivity index (χ2v) is 3.77. The molecule has 0 radical (unpaired) electrons. The Morgan fingerprint density at radius 1 is 1.38 bits per heavy atom. The van der Waals surface area contributed by atoms with E-state index in [1.165, 1.54) is 10.1 Å². The zero-order chi connectivity index (χ0) is 9.26. The summed E-state index contributed by atoms with van der Waals surface area (Å²) in [6, 6.07) is 9.45. The van der Waals surface area contributed by atoms with Gasteiger partial charge >= 0.3 is 0 Å². The number of fused-ring (bicyclic) bond motifs is 1. The monoisotopic (exact) mass is 188 g/mol. The number of nitrogens with two attached hydrogens (primary N) is 1. The van der Waals surface area contributed by atoms with Crippen LogP contribution in [0.5, 0.6) is 0 Å². The van der Waals surface area contributed by atoms with Crippen molar-refractivity contribution < 1.29 is 0 Å². The molecule has 0 aliphatic carbocycles. The standard InChI is InChI=1S/C10H8N2S/c11-6-9(12)8-2-1-7-3-4-13-10(7)5-8/h1-5,9H,12H2/t9-/m1/s1. The van der Waals surface area contributed by atoms with E-state index in [-0.39, 0.29) is 0 Å². The van der Waals surface area contributed by atoms with Gasteiger partial charge in [-0.3, -0.25) is 0 Å². The molecule has 1 aromatic heterocycles. The van der Waals surface area contributed by atoms with E-state index < -0.39 is 6.04 Å². The van der Waals surface area contributed by atoms with E-state index in [9.17, 15) is 0 Å². The minimum Gasteiger partial charge on any atom is -0.312 e. The average Bonchev–Trinajstić information content (AvgIpc) is 2.63. The lowest BCUT2D eigenvalue weighted by molar-refractivity contribution is 0.929. The van der Waals surface area contributed by atoms with Crippen LogP contribution in [-0.2, 0) is 0 Å². The lowest BCUT2D eigenvalue weighted by Crippen LogP contribution is -2.06. The fourth-order valence-corrected chi connectivity index (χ4v) is 2.08. The number of nitriles is 1. The molecule has 2 nitrogen and oxygen atoms in total. The Kier molecular flexibility index (Phi) is 2.01. The summed E-state index contributed by atoms with van der Waals surface area (Å²) < 4.78 is 1.18. The number of benzene rings is 1. The topological polar surface area (TPSA) is 49.8 Å². The van der Waals surface area contributed by atoms with Crippen LogP contribution in [-0.4, -0.2) is 0 Å². The summed E-state index contributed by atoms with van der Waals surface area (Å²) >= 11 is 1.66. The Hall–Kier alpha value is -1.37. The van der Waals surface area contributed by atoms with Crippen molar-refractivity contribution in [1.29, 1.82) is 5.26 Å². The van der Waals surface area contributed by atoms with Crippen LogP contribution in [0, 0.1) is 11.3 Å². The first kappa shape index (κ1) is 8.24. The molecule has 2 rings (SSSR count). The van der Waals surface area contributed by atoms with Crippen LogP contribution in [0.15, 0.2) is 29.6 Å². The zero-order valence-electron chi connectivity index (χ0n) is 6.90. The van der Waals surface area contributed by atoms with E-state index in [4.69, 9.17) is 11.0 Å². The van der Waals surface area contributed by atoms with Crippen LogP contribution in [0.1, 0.15) is 11.6 Å². The van der Waals surface area contributed by atoms with E-state index in [1.807, 2.05) is 29.6 Å². The molecule has 1 heterocycles. The second kappa shape index (κ2) is 3.17. The summed E-state index contributed by atoms with van der Waals surface area (Å²) in [5, 5.41) is 11.9. The van der Waals surface area contributed by atoms with Gasteiger partial charge in [0.05, 0.1) is 6.07 Å². The highest BCUT2D eigenvalue weighted by Gasteiger charge is 2.04. The van der Waals surface area contributed by atoms with Crippen molar-refractivity contribution >= 4 is 21.4 Å². The number of thiophene rings is 1. The van der Waals surface area contributed by atoms with Gasteiger partial charge in [0.2, 0.25) is 0 Å². The van der Waals surface area contributed by atoms with Crippen LogP contribution in [0.3, 0.4) is 0 Å². The molecule has 1 aromatic carbocycles. The Morgan fingerprint density at radius 2 is 2.23 bits per heavy atom. The summed E-state index contributed by atoms with van der Waals surface area (Å²) in [5.74, 6) is 0. The molecular formula is C10H8N2S. The third kappa shape index (κ3) is 1.42. The maximum Gasteiger partial charge on any atom is 0.118 e. The zero-order valence-corrected chi connectivity index (χ0v) is 7.71. The molecule has 0 amide bonds. The summed E-state index contributed by atoms with van der Waals surface area (Å²) in [6.45, 7) is 0. The first-order valence-corrected chi connectivity index (χ1v) is 4.81. The molecule has 0 spiro atoms. The summed E-state index contributed by atoms with van der Waals surface area (Å²) in [7, 11) is 0. The van der Waals surface area contributed by atoms with E-state index in [0.717, 1.165) is 5.56 Å². The summed E-state index contributed by atoms with van der Waals surface area (Å²) in [6.07, 6.45) is 0. The molecule has 2 aromatic rings. The van der Waals surface area contributed by atoms with Gasteiger partial charge in [-0.1, -0.05) is 12.1 Å². The normalized spacial score (nSPS) is 12.6. The Bertz CT molecular complexity index is 467. The van der Waals surface area contributed by atoms with Gasteiger partial charge in [0.15, 0.2) is 0 Å². The van der Waals surface area contributed by atoms with Crippen LogP contribution in [0.4, 0.5) is 0 Å². The molecule has 0 aliphatic heterocycles. The highest BCUT2D eigenvalue weighted by molar-refractivity contribution is 7.17. The van der Waals surface area contributed by atoms with Gasteiger partial charge in [-0.25, -0.2) is 0 Å². The van der Waals surface area contributed by atoms with Gasteiger partial charge in [-0.05, 0) is 28.5 Å². The van der Waals surface area contributed by atoms with E-state index in [1.54, 1.807) is 11.3 Å². The maximum atomic E-state index is 8.64. The van der Waals surface area contributed by atoms with E-state index in [0.29, 0.717) is 0 Å². The first-order chi connectivity index (χ1) is 6.31. The predicted octanol–water partition coefficient (Wildman–Crippen LogP) is 2.42. The van der Waals surface area contributed by atoms with Crippen LogP contribution in [0.25, 0.3) is 10.1 Å². The van der Waals surface area contributed by atoms with Gasteiger partial charge in [0, 0.05) is 4.70 Å². The lowest BCUT2D eigenvalue weighted by Gasteiger charge is -2.01. The van der Waals surface area contributed by atoms with Crippen molar-refractivity contribution in [2.45, 2.75) is 6.04 Å². The number of rotatable bonds is 1. The van der Waals surface area contributed by atoms with Crippen molar-refractivity contribution in [1.82, 2.24) is 0 Å². The molecule has 0 bridgehead atoms. The SMILES string of the molecule is N#C[C@@H](N)c1ccc2ccsc2c1. The summed E-state index contributed by atoms with van der Waals surface area (Å²) in [5.41, 5.74) is 6.48. The van der Waals surface area contributed by atoms with Crippen molar-refractivity contribution in [3.63, 3.8) is 0 Å². The third-order valence-electron chi connectivity index (χ3n) is 1.98. The molecule has 0 fully saturated rings. The van der Waals surface area contributed by atoms with Gasteiger partial charge in [0.25, 0.3) is 0 Å². The maximum absolute atomic E-state index is 8.64. The van der Waals surface area contributed by atoms with E-state index in [2.05, 4.69) is 6.07 Å². The molecule has 0 saturated heterocycles. The van der Waals surface area contributed by atoms with Crippen molar-refractivity contribution in [3.8, 4) is 6.07 Å². The molecule has 0 aliphatic rings. The van der Waals surface area contributed by atoms with Crippen LogP contribution in [0.2, 0.25) is 0 Å².